The predicted octanol–water partition coefficient (Wildman–Crippen LogP) is 22.7. The largest absolute Gasteiger partial charge is 0.477 e. The highest BCUT2D eigenvalue weighted by atomic mass is 16.7. The molecule has 0 heterocycles. The van der Waals surface area contributed by atoms with Gasteiger partial charge in [-0.1, -0.05) is 301 Å². The number of quaternary nitrogens is 1. The van der Waals surface area contributed by atoms with Crippen LogP contribution in [0, 0.1) is 0 Å². The summed E-state index contributed by atoms with van der Waals surface area (Å²) in [5, 5.41) is 9.76. The lowest BCUT2D eigenvalue weighted by molar-refractivity contribution is -0.870. The van der Waals surface area contributed by atoms with Crippen molar-refractivity contribution in [2.45, 2.75) is 296 Å². The Bertz CT molecular complexity index is 1970. The molecule has 89 heavy (non-hydrogen) atoms. The minimum absolute atomic E-state index is 0.182. The first kappa shape index (κ1) is 84.2. The summed E-state index contributed by atoms with van der Waals surface area (Å²) < 4.78 is 23.0. The van der Waals surface area contributed by atoms with Gasteiger partial charge >= 0.3 is 17.9 Å². The van der Waals surface area contributed by atoms with Gasteiger partial charge in [0, 0.05) is 12.8 Å². The molecule has 0 aromatic carbocycles. The van der Waals surface area contributed by atoms with Gasteiger partial charge in [-0.15, -0.1) is 0 Å². The van der Waals surface area contributed by atoms with E-state index in [1.807, 2.05) is 21.1 Å². The van der Waals surface area contributed by atoms with Gasteiger partial charge in [-0.2, -0.15) is 0 Å². The molecule has 1 N–H and O–H groups in total. The van der Waals surface area contributed by atoms with Crippen molar-refractivity contribution in [1.82, 2.24) is 0 Å². The SMILES string of the molecule is CC/C=C\C/C=C\C/C=C\C/C=C\C/C=C\C/C=C\C/C=C\CCCCCCCCCCCCCCCCCC(=O)OC(COC(=O)CCCCCCCCCCCCC/C=C\C/C=C\C/C=C\C/C=C\C/C=C\CC)COC(OCC[N+](C)(C)C)C(=O)O. The molecule has 2 unspecified atom stereocenters. The summed E-state index contributed by atoms with van der Waals surface area (Å²) in [6.45, 7) is 4.65. The molecule has 506 valence electrons. The number of carbonyl (C=O) groups excluding carboxylic acids is 2. The van der Waals surface area contributed by atoms with E-state index in [0.29, 0.717) is 23.9 Å². The van der Waals surface area contributed by atoms with Gasteiger partial charge in [0.15, 0.2) is 6.10 Å². The second kappa shape index (κ2) is 69.1. The van der Waals surface area contributed by atoms with Crippen LogP contribution in [-0.4, -0.2) is 87.4 Å². The number of hydrogen-bond acceptors (Lipinski definition) is 7. The maximum Gasteiger partial charge on any atom is 0.361 e. The molecule has 0 bridgehead atoms. The van der Waals surface area contributed by atoms with Crippen LogP contribution in [0.1, 0.15) is 284 Å². The third kappa shape index (κ3) is 70.5. The molecule has 0 aliphatic rings. The minimum atomic E-state index is -1.52. The summed E-state index contributed by atoms with van der Waals surface area (Å²) in [7, 11) is 5.97. The van der Waals surface area contributed by atoms with Crippen molar-refractivity contribution in [3.05, 3.63) is 146 Å². The van der Waals surface area contributed by atoms with Gasteiger partial charge in [0.05, 0.1) is 34.4 Å². The van der Waals surface area contributed by atoms with Crippen LogP contribution in [0.25, 0.3) is 0 Å². The van der Waals surface area contributed by atoms with Crippen molar-refractivity contribution < 1.29 is 42.9 Å². The van der Waals surface area contributed by atoms with Gasteiger partial charge in [-0.3, -0.25) is 9.59 Å². The molecule has 2 atom stereocenters. The van der Waals surface area contributed by atoms with E-state index in [2.05, 4.69) is 160 Å². The van der Waals surface area contributed by atoms with Crippen LogP contribution in [0.5, 0.6) is 0 Å². The molecule has 0 amide bonds. The molecule has 0 rings (SSSR count). The van der Waals surface area contributed by atoms with Crippen LogP contribution in [0.4, 0.5) is 0 Å². The van der Waals surface area contributed by atoms with Crippen molar-refractivity contribution in [2.24, 2.45) is 0 Å². The van der Waals surface area contributed by atoms with Crippen molar-refractivity contribution in [3.63, 3.8) is 0 Å². The number of allylic oxidation sites excluding steroid dienone is 24. The fraction of sp³-hybridized carbons (Fsp3) is 0.662. The van der Waals surface area contributed by atoms with E-state index in [4.69, 9.17) is 18.9 Å². The Morgan fingerprint density at radius 3 is 0.899 bits per heavy atom. The van der Waals surface area contributed by atoms with Gasteiger partial charge < -0.3 is 28.5 Å². The van der Waals surface area contributed by atoms with E-state index in [1.165, 1.54) is 135 Å². The van der Waals surface area contributed by atoms with Crippen molar-refractivity contribution in [2.75, 3.05) is 47.5 Å². The number of aliphatic carboxylic acids is 1. The normalized spacial score (nSPS) is 13.6. The summed E-state index contributed by atoms with van der Waals surface area (Å²) in [6.07, 6.45) is 98.1. The van der Waals surface area contributed by atoms with Crippen molar-refractivity contribution in [3.8, 4) is 0 Å². The number of hydrogen-bond donors (Lipinski definition) is 1. The predicted molar refractivity (Wildman–Crippen MR) is 382 cm³/mol. The second-order valence-corrected chi connectivity index (χ2v) is 24.8. The lowest BCUT2D eigenvalue weighted by Gasteiger charge is -2.25. The molecule has 0 aromatic rings. The number of ether oxygens (including phenoxy) is 4. The summed E-state index contributed by atoms with van der Waals surface area (Å²) in [4.78, 5) is 37.7. The van der Waals surface area contributed by atoms with E-state index >= 15 is 0 Å². The molecule has 9 nitrogen and oxygen atoms in total. The fourth-order valence-corrected chi connectivity index (χ4v) is 9.67. The van der Waals surface area contributed by atoms with Crippen molar-refractivity contribution in [1.29, 1.82) is 0 Å². The highest BCUT2D eigenvalue weighted by molar-refractivity contribution is 5.71. The standard InChI is InChI=1S/C80H133NO8/c1-6-8-10-12-14-16-18-20-22-24-26-28-30-32-34-35-36-37-38-39-40-41-42-43-45-47-49-51-53-55-57-59-61-63-65-67-69-71-78(83)89-76(75-88-80(79(84)85)86-73-72-81(3,4)5)74-87-77(82)70-68-66-64-62-60-58-56-54-52-50-48-46-44-33-31-29-27-25-23-21-19-17-15-13-11-9-7-2/h8-11,14-17,20-23,26-29,32-34,36-37,39-40,44,76,80H,6-7,12-13,18-19,24-25,30-31,35,38,41-43,45-75H2,1-5H3/p+1/b10-8-,11-9-,16-14-,17-15-,22-20-,23-21-,28-26-,29-27-,34-32-,37-36-,40-39-,44-33-. The van der Waals surface area contributed by atoms with Gasteiger partial charge in [-0.05, 0) is 116 Å². The van der Waals surface area contributed by atoms with Crippen LogP contribution in [0.2, 0.25) is 0 Å². The number of carboxylic acid groups (broad SMARTS) is 1. The number of carboxylic acids is 1. The van der Waals surface area contributed by atoms with E-state index in [0.717, 1.165) is 116 Å². The zero-order valence-electron chi connectivity index (χ0n) is 57.8. The average Bonchev–Trinajstić information content (AvgIpc) is 3.70. The minimum Gasteiger partial charge on any atom is -0.477 e. The molecular formula is C80H134NO8+. The summed E-state index contributed by atoms with van der Waals surface area (Å²) in [6, 6.07) is 0. The molecule has 0 saturated heterocycles. The van der Waals surface area contributed by atoms with E-state index in [1.54, 1.807) is 0 Å². The van der Waals surface area contributed by atoms with E-state index < -0.39 is 24.3 Å². The third-order valence-electron chi connectivity index (χ3n) is 15.1. The van der Waals surface area contributed by atoms with Crippen LogP contribution >= 0.6 is 0 Å². The maximum atomic E-state index is 13.0. The van der Waals surface area contributed by atoms with E-state index in [9.17, 15) is 19.5 Å². The molecule has 0 aliphatic heterocycles. The number of unbranched alkanes of at least 4 members (excludes halogenated alkanes) is 26. The zero-order chi connectivity index (χ0) is 64.7. The smallest absolute Gasteiger partial charge is 0.361 e. The topological polar surface area (TPSA) is 108 Å². The van der Waals surface area contributed by atoms with Crippen LogP contribution in [0.15, 0.2) is 146 Å². The fourth-order valence-electron chi connectivity index (χ4n) is 9.67. The highest BCUT2D eigenvalue weighted by Gasteiger charge is 2.25. The summed E-state index contributed by atoms with van der Waals surface area (Å²) in [5.74, 6) is -2.01. The first-order chi connectivity index (χ1) is 43.6. The Kier molecular flexibility index (Phi) is 65.3. The number of esters is 2. The average molecular weight is 1240 g/mol. The molecule has 9 heteroatoms. The van der Waals surface area contributed by atoms with Crippen LogP contribution < -0.4 is 0 Å². The Morgan fingerprint density at radius 2 is 0.607 bits per heavy atom. The lowest BCUT2D eigenvalue weighted by atomic mass is 10.0. The van der Waals surface area contributed by atoms with Crippen molar-refractivity contribution >= 4 is 17.9 Å². The molecule has 0 aromatic heterocycles. The third-order valence-corrected chi connectivity index (χ3v) is 15.1. The molecule has 0 radical (unpaired) electrons. The van der Waals surface area contributed by atoms with Gasteiger partial charge in [0.1, 0.15) is 13.2 Å². The lowest BCUT2D eigenvalue weighted by Crippen LogP contribution is -2.40. The Labute approximate surface area is 547 Å². The van der Waals surface area contributed by atoms with E-state index in [-0.39, 0.29) is 32.2 Å². The second-order valence-electron chi connectivity index (χ2n) is 24.8. The number of carbonyl (C=O) groups is 3. The number of nitrogens with zero attached hydrogens (tertiary/aromatic N) is 1. The van der Waals surface area contributed by atoms with Gasteiger partial charge in [0.25, 0.3) is 6.29 Å². The first-order valence-corrected chi connectivity index (χ1v) is 36.0. The Morgan fingerprint density at radius 1 is 0.337 bits per heavy atom. The van der Waals surface area contributed by atoms with Gasteiger partial charge in [-0.25, -0.2) is 4.79 Å². The molecule has 0 saturated carbocycles. The summed E-state index contributed by atoms with van der Waals surface area (Å²) in [5.41, 5.74) is 0. The monoisotopic (exact) mass is 1240 g/mol. The Balaban J connectivity index is 4.12. The molecule has 0 fully saturated rings. The summed E-state index contributed by atoms with van der Waals surface area (Å²) >= 11 is 0. The first-order valence-electron chi connectivity index (χ1n) is 36.0. The number of rotatable bonds is 65. The Hall–Kier alpha value is -4.83. The molecule has 0 spiro atoms. The zero-order valence-corrected chi connectivity index (χ0v) is 57.8. The highest BCUT2D eigenvalue weighted by Crippen LogP contribution is 2.17. The van der Waals surface area contributed by atoms with Crippen LogP contribution in [0.3, 0.4) is 0 Å². The quantitative estimate of drug-likeness (QED) is 0.0211. The number of likely N-dealkylation sites (N-methyl/N-ethyl adjacent to an activating group) is 1. The van der Waals surface area contributed by atoms with Gasteiger partial charge in [0.2, 0.25) is 0 Å². The molecule has 0 aliphatic carbocycles. The molecular weight excluding hydrogens is 1100 g/mol. The van der Waals surface area contributed by atoms with Crippen LogP contribution in [-0.2, 0) is 33.3 Å². The maximum absolute atomic E-state index is 13.0.